The first-order chi connectivity index (χ1) is 6.88. The molecule has 0 aromatic carbocycles. The highest BCUT2D eigenvalue weighted by atomic mass is 32.2. The van der Waals surface area contributed by atoms with Gasteiger partial charge >= 0.3 is 0 Å². The third kappa shape index (κ3) is 2.36. The Morgan fingerprint density at radius 3 is 3.14 bits per heavy atom. The van der Waals surface area contributed by atoms with Gasteiger partial charge in [-0.1, -0.05) is 18.1 Å². The number of hydrogen-bond acceptors (Lipinski definition) is 5. The van der Waals surface area contributed by atoms with Gasteiger partial charge in [0.15, 0.2) is 5.82 Å². The maximum atomic E-state index is 5.08. The van der Waals surface area contributed by atoms with Gasteiger partial charge in [0.05, 0.1) is 9.96 Å². The number of nitrogens with zero attached hydrogens (tertiary/aromatic N) is 2. The molecule has 0 atom stereocenters. The van der Waals surface area contributed by atoms with E-state index < -0.39 is 0 Å². The Kier molecular flexibility index (Phi) is 3.21. The van der Waals surface area contributed by atoms with Crippen molar-refractivity contribution in [3.8, 4) is 0 Å². The molecule has 0 unspecified atom stereocenters. The van der Waals surface area contributed by atoms with Crippen molar-refractivity contribution in [1.29, 1.82) is 0 Å². The molecule has 0 bridgehead atoms. The van der Waals surface area contributed by atoms with E-state index in [1.165, 1.54) is 4.21 Å². The summed E-state index contributed by atoms with van der Waals surface area (Å²) in [5.41, 5.74) is 0. The van der Waals surface area contributed by atoms with Crippen molar-refractivity contribution >= 4 is 23.1 Å². The number of aryl methyl sites for hydroxylation is 1. The van der Waals surface area contributed by atoms with Gasteiger partial charge in [0.1, 0.15) is 0 Å². The molecule has 0 fully saturated rings. The molecule has 0 saturated carbocycles. The monoisotopic (exact) mass is 226 g/mol. The van der Waals surface area contributed by atoms with Gasteiger partial charge in [-0.15, -0.1) is 23.1 Å². The molecule has 0 spiro atoms. The van der Waals surface area contributed by atoms with Gasteiger partial charge in [-0.2, -0.15) is 4.98 Å². The number of thioether (sulfide) groups is 1. The summed E-state index contributed by atoms with van der Waals surface area (Å²) in [4.78, 5) is 4.23. The van der Waals surface area contributed by atoms with Crippen molar-refractivity contribution in [2.75, 3.05) is 0 Å². The fourth-order valence-corrected chi connectivity index (χ4v) is 2.59. The Balaban J connectivity index is 1.92. The molecular formula is C9H10N2OS2. The molecule has 0 aliphatic carbocycles. The van der Waals surface area contributed by atoms with Crippen LogP contribution in [0.2, 0.25) is 0 Å². The van der Waals surface area contributed by atoms with E-state index in [-0.39, 0.29) is 0 Å². The van der Waals surface area contributed by atoms with Gasteiger partial charge in [0.25, 0.3) is 0 Å². The zero-order chi connectivity index (χ0) is 9.80. The number of aromatic nitrogens is 2. The summed E-state index contributed by atoms with van der Waals surface area (Å²) in [7, 11) is 0. The van der Waals surface area contributed by atoms with E-state index in [9.17, 15) is 0 Å². The van der Waals surface area contributed by atoms with E-state index >= 15 is 0 Å². The maximum absolute atomic E-state index is 5.08. The summed E-state index contributed by atoms with van der Waals surface area (Å²) < 4.78 is 6.36. The molecule has 74 valence electrons. The quantitative estimate of drug-likeness (QED) is 0.751. The van der Waals surface area contributed by atoms with Crippen LogP contribution in [-0.4, -0.2) is 10.1 Å². The minimum absolute atomic E-state index is 0.709. The highest BCUT2D eigenvalue weighted by Crippen LogP contribution is 2.26. The van der Waals surface area contributed by atoms with Crippen LogP contribution in [0.4, 0.5) is 0 Å². The lowest BCUT2D eigenvalue weighted by Gasteiger charge is -1.90. The molecule has 0 aliphatic rings. The SMILES string of the molecule is CCc1noc(CSc2cccs2)n1. The standard InChI is InChI=1S/C9H10N2OS2/c1-2-7-10-8(12-11-7)6-14-9-4-3-5-13-9/h3-5H,2,6H2,1H3. The van der Waals surface area contributed by atoms with Crippen LogP contribution in [0.5, 0.6) is 0 Å². The third-order valence-electron chi connectivity index (χ3n) is 1.66. The number of hydrogen-bond donors (Lipinski definition) is 0. The lowest BCUT2D eigenvalue weighted by atomic mass is 10.5. The molecule has 5 heteroatoms. The van der Waals surface area contributed by atoms with E-state index in [0.717, 1.165) is 18.0 Å². The van der Waals surface area contributed by atoms with Crippen LogP contribution in [0.3, 0.4) is 0 Å². The first-order valence-electron chi connectivity index (χ1n) is 4.36. The molecule has 0 saturated heterocycles. The highest BCUT2D eigenvalue weighted by Gasteiger charge is 2.05. The van der Waals surface area contributed by atoms with Crippen molar-refractivity contribution in [3.05, 3.63) is 29.2 Å². The largest absolute Gasteiger partial charge is 0.338 e. The Morgan fingerprint density at radius 2 is 2.50 bits per heavy atom. The van der Waals surface area contributed by atoms with Crippen molar-refractivity contribution in [2.24, 2.45) is 0 Å². The van der Waals surface area contributed by atoms with Crippen LogP contribution in [0, 0.1) is 0 Å². The number of thiophene rings is 1. The summed E-state index contributed by atoms with van der Waals surface area (Å²) in [6, 6.07) is 4.13. The van der Waals surface area contributed by atoms with Crippen LogP contribution >= 0.6 is 23.1 Å². The van der Waals surface area contributed by atoms with Crippen LogP contribution in [0.25, 0.3) is 0 Å². The summed E-state index contributed by atoms with van der Waals surface area (Å²) in [5.74, 6) is 2.25. The zero-order valence-corrected chi connectivity index (χ0v) is 9.40. The van der Waals surface area contributed by atoms with Gasteiger partial charge in [-0.05, 0) is 11.4 Å². The van der Waals surface area contributed by atoms with Crippen molar-refractivity contribution in [2.45, 2.75) is 23.3 Å². The lowest BCUT2D eigenvalue weighted by molar-refractivity contribution is 0.385. The average Bonchev–Trinajstić information content (AvgIpc) is 2.86. The first-order valence-corrected chi connectivity index (χ1v) is 6.22. The summed E-state index contributed by atoms with van der Waals surface area (Å²) >= 11 is 3.45. The van der Waals surface area contributed by atoms with E-state index in [4.69, 9.17) is 4.52 Å². The normalized spacial score (nSPS) is 10.6. The number of rotatable bonds is 4. The van der Waals surface area contributed by atoms with Gasteiger partial charge in [-0.3, -0.25) is 0 Å². The average molecular weight is 226 g/mol. The minimum atomic E-state index is 0.709. The molecule has 0 amide bonds. The molecule has 3 nitrogen and oxygen atoms in total. The van der Waals surface area contributed by atoms with E-state index in [1.54, 1.807) is 23.1 Å². The van der Waals surface area contributed by atoms with Gasteiger partial charge in [0.2, 0.25) is 5.89 Å². The van der Waals surface area contributed by atoms with Gasteiger partial charge < -0.3 is 4.52 Å². The lowest BCUT2D eigenvalue weighted by Crippen LogP contribution is -1.83. The first kappa shape index (κ1) is 9.73. The Labute approximate surface area is 90.5 Å². The van der Waals surface area contributed by atoms with Crippen LogP contribution in [0.15, 0.2) is 26.2 Å². The van der Waals surface area contributed by atoms with Crippen LogP contribution in [0.1, 0.15) is 18.6 Å². The van der Waals surface area contributed by atoms with Crippen molar-refractivity contribution < 1.29 is 4.52 Å². The fraction of sp³-hybridized carbons (Fsp3) is 0.333. The molecular weight excluding hydrogens is 216 g/mol. The summed E-state index contributed by atoms with van der Waals surface area (Å²) in [5, 5.41) is 5.90. The molecule has 2 aromatic heterocycles. The molecule has 2 aromatic rings. The predicted octanol–water partition coefficient (Wildman–Crippen LogP) is 2.99. The smallest absolute Gasteiger partial charge is 0.237 e. The predicted molar refractivity (Wildman–Crippen MR) is 57.6 cm³/mol. The Hall–Kier alpha value is -0.810. The third-order valence-corrected chi connectivity index (χ3v) is 3.78. The highest BCUT2D eigenvalue weighted by molar-refractivity contribution is 8.00. The van der Waals surface area contributed by atoms with Crippen LogP contribution < -0.4 is 0 Å². The van der Waals surface area contributed by atoms with Crippen molar-refractivity contribution in [3.63, 3.8) is 0 Å². The van der Waals surface area contributed by atoms with E-state index in [0.29, 0.717) is 5.89 Å². The molecule has 0 N–H and O–H groups in total. The Morgan fingerprint density at radius 1 is 1.57 bits per heavy atom. The van der Waals surface area contributed by atoms with Gasteiger partial charge in [0, 0.05) is 6.42 Å². The maximum Gasteiger partial charge on any atom is 0.237 e. The summed E-state index contributed by atoms with van der Waals surface area (Å²) in [6.07, 6.45) is 0.827. The Bertz CT molecular complexity index is 383. The van der Waals surface area contributed by atoms with Crippen LogP contribution in [-0.2, 0) is 12.2 Å². The molecule has 2 heterocycles. The molecule has 14 heavy (non-hydrogen) atoms. The fourth-order valence-electron chi connectivity index (χ4n) is 0.971. The second-order valence-electron chi connectivity index (χ2n) is 2.68. The summed E-state index contributed by atoms with van der Waals surface area (Å²) in [6.45, 7) is 2.01. The molecule has 0 aliphatic heterocycles. The van der Waals surface area contributed by atoms with Crippen molar-refractivity contribution in [1.82, 2.24) is 10.1 Å². The second-order valence-corrected chi connectivity index (χ2v) is 4.90. The van der Waals surface area contributed by atoms with E-state index in [1.807, 2.05) is 13.0 Å². The van der Waals surface area contributed by atoms with E-state index in [2.05, 4.69) is 21.6 Å². The zero-order valence-electron chi connectivity index (χ0n) is 7.77. The van der Waals surface area contributed by atoms with Gasteiger partial charge in [-0.25, -0.2) is 0 Å². The minimum Gasteiger partial charge on any atom is -0.338 e. The molecule has 0 radical (unpaired) electrons. The second kappa shape index (κ2) is 4.61. The molecule has 2 rings (SSSR count). The topological polar surface area (TPSA) is 38.9 Å².